The van der Waals surface area contributed by atoms with Crippen LogP contribution in [0.3, 0.4) is 0 Å². The maximum absolute atomic E-state index is 6.41. The molecule has 2 heteroatoms. The minimum absolute atomic E-state index is 0.449. The van der Waals surface area contributed by atoms with Gasteiger partial charge in [-0.2, -0.15) is 0 Å². The van der Waals surface area contributed by atoms with Crippen LogP contribution >= 0.6 is 0 Å². The van der Waals surface area contributed by atoms with Gasteiger partial charge in [0, 0.05) is 12.6 Å². The largest absolute Gasteiger partial charge is 0.378 e. The summed E-state index contributed by atoms with van der Waals surface area (Å²) in [5, 5.41) is 0. The van der Waals surface area contributed by atoms with Crippen LogP contribution < -0.4 is 5.73 Å². The molecule has 2 fully saturated rings. The molecule has 2 atom stereocenters. The molecule has 2 N–H and O–H groups in total. The van der Waals surface area contributed by atoms with Crippen LogP contribution in [0.15, 0.2) is 0 Å². The molecule has 2 aliphatic rings. The van der Waals surface area contributed by atoms with Crippen LogP contribution in [0.25, 0.3) is 0 Å². The molecule has 0 radical (unpaired) electrons. The van der Waals surface area contributed by atoms with Crippen molar-refractivity contribution in [3.63, 3.8) is 0 Å². The summed E-state index contributed by atoms with van der Waals surface area (Å²) in [7, 11) is 0. The van der Waals surface area contributed by atoms with Crippen LogP contribution in [0.4, 0.5) is 0 Å². The molecular formula is C16H31NO. The number of rotatable bonds is 5. The van der Waals surface area contributed by atoms with Crippen LogP contribution in [0.2, 0.25) is 0 Å². The van der Waals surface area contributed by atoms with Crippen molar-refractivity contribution in [2.24, 2.45) is 11.7 Å². The van der Waals surface area contributed by atoms with Gasteiger partial charge in [0.2, 0.25) is 0 Å². The molecule has 18 heavy (non-hydrogen) atoms. The maximum Gasteiger partial charge on any atom is 0.0576 e. The molecule has 2 unspecified atom stereocenters. The van der Waals surface area contributed by atoms with Crippen molar-refractivity contribution in [1.29, 1.82) is 0 Å². The first kappa shape index (κ1) is 14.3. The third kappa shape index (κ3) is 4.89. The fraction of sp³-hybridized carbons (Fsp3) is 1.00. The Balaban J connectivity index is 1.60. The lowest BCUT2D eigenvalue weighted by molar-refractivity contribution is 0.101. The summed E-state index contributed by atoms with van der Waals surface area (Å²) in [6.07, 6.45) is 16.7. The fourth-order valence-corrected chi connectivity index (χ4v) is 3.60. The predicted octanol–water partition coefficient (Wildman–Crippen LogP) is 4.02. The van der Waals surface area contributed by atoms with Crippen LogP contribution in [0.1, 0.15) is 77.0 Å². The third-order valence-electron chi connectivity index (χ3n) is 4.84. The lowest BCUT2D eigenvalue weighted by Crippen LogP contribution is -2.30. The highest BCUT2D eigenvalue weighted by molar-refractivity contribution is 4.76. The molecule has 1 heterocycles. The summed E-state index contributed by atoms with van der Waals surface area (Å²) in [5.41, 5.74) is 6.41. The second-order valence-electron chi connectivity index (χ2n) is 6.33. The Labute approximate surface area is 113 Å². The van der Waals surface area contributed by atoms with Crippen molar-refractivity contribution in [3.05, 3.63) is 0 Å². The van der Waals surface area contributed by atoms with Crippen molar-refractivity contribution in [1.82, 2.24) is 0 Å². The molecule has 1 aliphatic carbocycles. The van der Waals surface area contributed by atoms with Gasteiger partial charge in [0.15, 0.2) is 0 Å². The average Bonchev–Trinajstić information content (AvgIpc) is 2.81. The van der Waals surface area contributed by atoms with E-state index < -0.39 is 0 Å². The van der Waals surface area contributed by atoms with Crippen LogP contribution in [-0.4, -0.2) is 18.8 Å². The average molecular weight is 253 g/mol. The smallest absolute Gasteiger partial charge is 0.0576 e. The van der Waals surface area contributed by atoms with Crippen molar-refractivity contribution < 1.29 is 4.74 Å². The third-order valence-corrected chi connectivity index (χ3v) is 4.84. The SMILES string of the molecule is NC(CCCC1CCCO1)C1CCCCCCC1. The lowest BCUT2D eigenvalue weighted by atomic mass is 9.84. The highest BCUT2D eigenvalue weighted by Gasteiger charge is 2.20. The summed E-state index contributed by atoms with van der Waals surface area (Å²) >= 11 is 0. The van der Waals surface area contributed by atoms with Gasteiger partial charge in [-0.1, -0.05) is 32.1 Å². The first-order valence-electron chi connectivity index (χ1n) is 8.23. The second kappa shape index (κ2) is 8.16. The van der Waals surface area contributed by atoms with Crippen LogP contribution in [0.5, 0.6) is 0 Å². The second-order valence-corrected chi connectivity index (χ2v) is 6.33. The normalized spacial score (nSPS) is 28.8. The summed E-state index contributed by atoms with van der Waals surface area (Å²) in [4.78, 5) is 0. The van der Waals surface area contributed by atoms with Gasteiger partial charge in [0.25, 0.3) is 0 Å². The molecule has 2 rings (SSSR count). The van der Waals surface area contributed by atoms with E-state index in [1.54, 1.807) is 0 Å². The molecule has 0 bridgehead atoms. The number of hydrogen-bond acceptors (Lipinski definition) is 2. The van der Waals surface area contributed by atoms with Gasteiger partial charge in [0.05, 0.1) is 6.10 Å². The van der Waals surface area contributed by atoms with E-state index in [2.05, 4.69) is 0 Å². The standard InChI is InChI=1S/C16H31NO/c17-16(12-6-10-15-11-7-13-18-15)14-8-4-2-1-3-5-9-14/h14-16H,1-13,17H2. The molecule has 0 aromatic rings. The van der Waals surface area contributed by atoms with Crippen molar-refractivity contribution in [2.75, 3.05) is 6.61 Å². The quantitative estimate of drug-likeness (QED) is 0.803. The van der Waals surface area contributed by atoms with Gasteiger partial charge >= 0.3 is 0 Å². The maximum atomic E-state index is 6.41. The van der Waals surface area contributed by atoms with E-state index in [-0.39, 0.29) is 0 Å². The highest BCUT2D eigenvalue weighted by Crippen LogP contribution is 2.26. The van der Waals surface area contributed by atoms with E-state index in [0.717, 1.165) is 12.5 Å². The Bertz CT molecular complexity index is 205. The zero-order valence-electron chi connectivity index (χ0n) is 11.9. The summed E-state index contributed by atoms with van der Waals surface area (Å²) in [6.45, 7) is 0.985. The Kier molecular flexibility index (Phi) is 6.50. The molecule has 1 saturated heterocycles. The fourth-order valence-electron chi connectivity index (χ4n) is 3.60. The number of ether oxygens (including phenoxy) is 1. The van der Waals surface area contributed by atoms with Crippen molar-refractivity contribution >= 4 is 0 Å². The van der Waals surface area contributed by atoms with E-state index in [1.165, 1.54) is 77.0 Å². The minimum atomic E-state index is 0.449. The van der Waals surface area contributed by atoms with Gasteiger partial charge in [-0.05, 0) is 50.9 Å². The van der Waals surface area contributed by atoms with E-state index in [9.17, 15) is 0 Å². The molecule has 0 amide bonds. The van der Waals surface area contributed by atoms with Gasteiger partial charge in [-0.3, -0.25) is 0 Å². The van der Waals surface area contributed by atoms with Gasteiger partial charge in [0.1, 0.15) is 0 Å². The molecule has 0 spiro atoms. The van der Waals surface area contributed by atoms with E-state index in [0.29, 0.717) is 12.1 Å². The minimum Gasteiger partial charge on any atom is -0.378 e. The van der Waals surface area contributed by atoms with Gasteiger partial charge < -0.3 is 10.5 Å². The highest BCUT2D eigenvalue weighted by atomic mass is 16.5. The Morgan fingerprint density at radius 3 is 2.33 bits per heavy atom. The zero-order chi connectivity index (χ0) is 12.6. The van der Waals surface area contributed by atoms with E-state index >= 15 is 0 Å². The van der Waals surface area contributed by atoms with Crippen LogP contribution in [-0.2, 0) is 4.74 Å². The number of hydrogen-bond donors (Lipinski definition) is 1. The van der Waals surface area contributed by atoms with E-state index in [1.807, 2.05) is 0 Å². The predicted molar refractivity (Wildman–Crippen MR) is 76.6 cm³/mol. The molecule has 0 aromatic carbocycles. The lowest BCUT2D eigenvalue weighted by Gasteiger charge is -2.26. The monoisotopic (exact) mass is 253 g/mol. The first-order valence-corrected chi connectivity index (χ1v) is 8.23. The van der Waals surface area contributed by atoms with Crippen molar-refractivity contribution in [2.45, 2.75) is 89.2 Å². The van der Waals surface area contributed by atoms with E-state index in [4.69, 9.17) is 10.5 Å². The molecule has 1 saturated carbocycles. The summed E-state index contributed by atoms with van der Waals surface area (Å²) in [6, 6.07) is 0.449. The summed E-state index contributed by atoms with van der Waals surface area (Å²) < 4.78 is 5.68. The molecular weight excluding hydrogens is 222 g/mol. The summed E-state index contributed by atoms with van der Waals surface area (Å²) in [5.74, 6) is 0.801. The van der Waals surface area contributed by atoms with Gasteiger partial charge in [-0.25, -0.2) is 0 Å². The molecule has 1 aliphatic heterocycles. The Hall–Kier alpha value is -0.0800. The van der Waals surface area contributed by atoms with Crippen LogP contribution in [0, 0.1) is 5.92 Å². The first-order chi connectivity index (χ1) is 8.86. The topological polar surface area (TPSA) is 35.2 Å². The molecule has 0 aromatic heterocycles. The van der Waals surface area contributed by atoms with Crippen molar-refractivity contribution in [3.8, 4) is 0 Å². The number of nitrogens with two attached hydrogens (primary N) is 1. The van der Waals surface area contributed by atoms with Gasteiger partial charge in [-0.15, -0.1) is 0 Å². The molecule has 106 valence electrons. The molecule has 2 nitrogen and oxygen atoms in total. The zero-order valence-corrected chi connectivity index (χ0v) is 11.9. The Morgan fingerprint density at radius 1 is 0.944 bits per heavy atom. The Morgan fingerprint density at radius 2 is 1.67 bits per heavy atom.